The number of hydrogen-bond acceptors (Lipinski definition) is 2. The fourth-order valence-electron chi connectivity index (χ4n) is 1.51. The van der Waals surface area contributed by atoms with Crippen LogP contribution in [-0.4, -0.2) is 8.42 Å². The van der Waals surface area contributed by atoms with Gasteiger partial charge >= 0.3 is 0 Å². The Morgan fingerprint density at radius 2 is 1.70 bits per heavy atom. The molecule has 0 heterocycles. The number of nitrogens with one attached hydrogen (secondary N) is 1. The van der Waals surface area contributed by atoms with Crippen LogP contribution in [-0.2, 0) is 10.0 Å². The largest absolute Gasteiger partial charge is 0.280 e. The molecule has 104 valence electrons. The van der Waals surface area contributed by atoms with Crippen molar-refractivity contribution in [2.75, 3.05) is 4.72 Å². The Hall–Kier alpha value is -1.49. The lowest BCUT2D eigenvalue weighted by Crippen LogP contribution is -2.08. The Labute approximate surface area is 127 Å². The molecule has 0 aliphatic carbocycles. The Morgan fingerprint density at radius 1 is 1.00 bits per heavy atom. The summed E-state index contributed by atoms with van der Waals surface area (Å²) >= 11 is 11.8. The van der Waals surface area contributed by atoms with Gasteiger partial charge in [0, 0.05) is 15.7 Å². The molecule has 2 aromatic carbocycles. The summed E-state index contributed by atoms with van der Waals surface area (Å²) in [6, 6.07) is 13.5. The minimum atomic E-state index is -3.59. The molecule has 0 aliphatic rings. The van der Waals surface area contributed by atoms with Gasteiger partial charge in [0.1, 0.15) is 0 Å². The zero-order valence-electron chi connectivity index (χ0n) is 10.3. The first-order valence-corrected chi connectivity index (χ1v) is 7.97. The molecule has 20 heavy (non-hydrogen) atoms. The van der Waals surface area contributed by atoms with Crippen molar-refractivity contribution in [1.29, 1.82) is 0 Å². The number of benzene rings is 2. The van der Waals surface area contributed by atoms with Crippen LogP contribution in [0.5, 0.6) is 0 Å². The lowest BCUT2D eigenvalue weighted by atomic mass is 10.2. The Kier molecular flexibility index (Phi) is 4.70. The molecule has 0 saturated carbocycles. The summed E-state index contributed by atoms with van der Waals surface area (Å²) in [6.45, 7) is 0. The highest BCUT2D eigenvalue weighted by molar-refractivity contribution is 7.95. The zero-order valence-corrected chi connectivity index (χ0v) is 12.6. The van der Waals surface area contributed by atoms with Crippen LogP contribution in [0.4, 0.5) is 5.69 Å². The van der Waals surface area contributed by atoms with E-state index in [2.05, 4.69) is 4.72 Å². The van der Waals surface area contributed by atoms with Crippen LogP contribution in [0.1, 0.15) is 5.56 Å². The summed E-state index contributed by atoms with van der Waals surface area (Å²) in [5, 5.41) is 1.97. The third-order valence-electron chi connectivity index (χ3n) is 2.42. The second kappa shape index (κ2) is 6.31. The van der Waals surface area contributed by atoms with Gasteiger partial charge in [-0.15, -0.1) is 0 Å². The monoisotopic (exact) mass is 327 g/mol. The summed E-state index contributed by atoms with van der Waals surface area (Å²) in [5.41, 5.74) is 1.03. The fraction of sp³-hybridized carbons (Fsp3) is 0. The molecule has 0 spiro atoms. The van der Waals surface area contributed by atoms with Gasteiger partial charge in [0.25, 0.3) is 10.0 Å². The van der Waals surface area contributed by atoms with Crippen molar-refractivity contribution in [3.05, 3.63) is 69.5 Å². The number of para-hydroxylation sites is 1. The van der Waals surface area contributed by atoms with Gasteiger partial charge in [0.05, 0.1) is 5.41 Å². The average molecular weight is 328 g/mol. The van der Waals surface area contributed by atoms with Gasteiger partial charge in [-0.2, -0.15) is 0 Å². The van der Waals surface area contributed by atoms with E-state index < -0.39 is 10.0 Å². The van der Waals surface area contributed by atoms with Crippen molar-refractivity contribution in [1.82, 2.24) is 0 Å². The minimum Gasteiger partial charge on any atom is -0.280 e. The predicted molar refractivity (Wildman–Crippen MR) is 84.5 cm³/mol. The first kappa shape index (κ1) is 14.9. The highest BCUT2D eigenvalue weighted by Crippen LogP contribution is 2.22. The van der Waals surface area contributed by atoms with Gasteiger partial charge < -0.3 is 0 Å². The molecule has 0 aliphatic heterocycles. The molecule has 2 rings (SSSR count). The third-order valence-corrected chi connectivity index (χ3v) is 4.01. The maximum absolute atomic E-state index is 11.9. The Balaban J connectivity index is 2.19. The van der Waals surface area contributed by atoms with E-state index in [1.165, 1.54) is 6.08 Å². The lowest BCUT2D eigenvalue weighted by Gasteiger charge is -2.04. The molecule has 1 N–H and O–H groups in total. The van der Waals surface area contributed by atoms with Crippen LogP contribution >= 0.6 is 23.2 Å². The molecule has 6 heteroatoms. The third kappa shape index (κ3) is 4.27. The quantitative estimate of drug-likeness (QED) is 0.904. The summed E-state index contributed by atoms with van der Waals surface area (Å²) in [7, 11) is -3.59. The summed E-state index contributed by atoms with van der Waals surface area (Å²) in [6.07, 6.45) is 1.40. The molecule has 0 amide bonds. The van der Waals surface area contributed by atoms with E-state index in [0.717, 1.165) is 5.41 Å². The second-order valence-electron chi connectivity index (χ2n) is 3.98. The SMILES string of the molecule is O=S(=O)(C=Cc1cc(Cl)ccc1Cl)Nc1ccccc1. The van der Waals surface area contributed by atoms with Crippen molar-refractivity contribution in [2.24, 2.45) is 0 Å². The van der Waals surface area contributed by atoms with E-state index in [0.29, 0.717) is 21.3 Å². The highest BCUT2D eigenvalue weighted by atomic mass is 35.5. The summed E-state index contributed by atoms with van der Waals surface area (Å²) in [5.74, 6) is 0. The maximum Gasteiger partial charge on any atom is 0.255 e. The lowest BCUT2D eigenvalue weighted by molar-refractivity contribution is 0.609. The van der Waals surface area contributed by atoms with Gasteiger partial charge in [-0.25, -0.2) is 8.42 Å². The van der Waals surface area contributed by atoms with Gasteiger partial charge in [-0.05, 0) is 42.0 Å². The van der Waals surface area contributed by atoms with Crippen LogP contribution in [0.15, 0.2) is 53.9 Å². The van der Waals surface area contributed by atoms with Crippen molar-refractivity contribution >= 4 is 45.0 Å². The number of rotatable bonds is 4. The molecule has 0 radical (unpaired) electrons. The van der Waals surface area contributed by atoms with Gasteiger partial charge in [-0.3, -0.25) is 4.72 Å². The molecule has 0 saturated heterocycles. The molecule has 2 aromatic rings. The topological polar surface area (TPSA) is 46.2 Å². The second-order valence-corrected chi connectivity index (χ2v) is 6.39. The molecule has 0 aromatic heterocycles. The van der Waals surface area contributed by atoms with E-state index in [9.17, 15) is 8.42 Å². The average Bonchev–Trinajstić information content (AvgIpc) is 2.40. The van der Waals surface area contributed by atoms with Crippen LogP contribution in [0.3, 0.4) is 0 Å². The van der Waals surface area contributed by atoms with Crippen LogP contribution in [0, 0.1) is 0 Å². The van der Waals surface area contributed by atoms with Gasteiger partial charge in [0.15, 0.2) is 0 Å². The summed E-state index contributed by atoms with van der Waals surface area (Å²) in [4.78, 5) is 0. The molecule has 3 nitrogen and oxygen atoms in total. The summed E-state index contributed by atoms with van der Waals surface area (Å²) < 4.78 is 26.2. The molecule has 0 fully saturated rings. The number of hydrogen-bond donors (Lipinski definition) is 1. The molecular weight excluding hydrogens is 317 g/mol. The zero-order chi connectivity index (χ0) is 14.6. The molecule has 0 atom stereocenters. The van der Waals surface area contributed by atoms with Gasteiger partial charge in [-0.1, -0.05) is 41.4 Å². The fourth-order valence-corrected chi connectivity index (χ4v) is 2.73. The number of anilines is 1. The molecule has 0 bridgehead atoms. The molecular formula is C14H11Cl2NO2S. The Bertz CT molecular complexity index is 728. The minimum absolute atomic E-state index is 0.431. The normalized spacial score (nSPS) is 11.7. The molecule has 0 unspecified atom stereocenters. The van der Waals surface area contributed by atoms with E-state index in [-0.39, 0.29) is 0 Å². The maximum atomic E-state index is 11.9. The highest BCUT2D eigenvalue weighted by Gasteiger charge is 2.06. The van der Waals surface area contributed by atoms with Crippen molar-refractivity contribution in [3.63, 3.8) is 0 Å². The van der Waals surface area contributed by atoms with E-state index in [1.807, 2.05) is 0 Å². The van der Waals surface area contributed by atoms with E-state index in [1.54, 1.807) is 48.5 Å². The van der Waals surface area contributed by atoms with Crippen molar-refractivity contribution < 1.29 is 8.42 Å². The standard InChI is InChI=1S/C14H11Cl2NO2S/c15-12-6-7-14(16)11(10-12)8-9-20(18,19)17-13-4-2-1-3-5-13/h1-10,17H. The first-order valence-electron chi connectivity index (χ1n) is 5.67. The van der Waals surface area contributed by atoms with Crippen LogP contribution < -0.4 is 4.72 Å². The Morgan fingerprint density at radius 3 is 2.40 bits per heavy atom. The van der Waals surface area contributed by atoms with E-state index in [4.69, 9.17) is 23.2 Å². The van der Waals surface area contributed by atoms with Crippen LogP contribution in [0.2, 0.25) is 10.0 Å². The first-order chi connectivity index (χ1) is 9.46. The van der Waals surface area contributed by atoms with Crippen molar-refractivity contribution in [3.8, 4) is 0 Å². The van der Waals surface area contributed by atoms with Crippen molar-refractivity contribution in [2.45, 2.75) is 0 Å². The van der Waals surface area contributed by atoms with Gasteiger partial charge in [0.2, 0.25) is 0 Å². The number of halogens is 2. The smallest absolute Gasteiger partial charge is 0.255 e. The van der Waals surface area contributed by atoms with Crippen LogP contribution in [0.25, 0.3) is 6.08 Å². The van der Waals surface area contributed by atoms with E-state index >= 15 is 0 Å². The predicted octanol–water partition coefficient (Wildman–Crippen LogP) is 4.41. The number of sulfonamides is 1.